The zero-order valence-electron chi connectivity index (χ0n) is 13.2. The lowest BCUT2D eigenvalue weighted by Gasteiger charge is -2.08. The van der Waals surface area contributed by atoms with Crippen LogP contribution in [-0.2, 0) is 5.75 Å². The van der Waals surface area contributed by atoms with Crippen molar-refractivity contribution in [1.82, 2.24) is 19.9 Å². The first-order valence-electron chi connectivity index (χ1n) is 7.02. The summed E-state index contributed by atoms with van der Waals surface area (Å²) >= 11 is 1.57. The Morgan fingerprint density at radius 3 is 2.29 bits per heavy atom. The lowest BCUT2D eigenvalue weighted by molar-refractivity contribution is 0.877. The van der Waals surface area contributed by atoms with Gasteiger partial charge in [-0.2, -0.15) is 0 Å². The second kappa shape index (κ2) is 6.85. The molecule has 0 radical (unpaired) electrons. The molecule has 2 aromatic heterocycles. The summed E-state index contributed by atoms with van der Waals surface area (Å²) in [6.45, 7) is 11.0. The summed E-state index contributed by atoms with van der Waals surface area (Å²) in [7, 11) is 0. The first-order valence-corrected chi connectivity index (χ1v) is 8.01. The Balaban J connectivity index is 2.12. The number of nitrogens with one attached hydrogen (secondary N) is 1. The van der Waals surface area contributed by atoms with Crippen molar-refractivity contribution in [3.05, 3.63) is 34.5 Å². The molecule has 0 amide bonds. The van der Waals surface area contributed by atoms with Crippen LogP contribution in [0.5, 0.6) is 0 Å². The van der Waals surface area contributed by atoms with Gasteiger partial charge in [-0.15, -0.1) is 0 Å². The van der Waals surface area contributed by atoms with Crippen LogP contribution in [0.1, 0.15) is 35.4 Å². The summed E-state index contributed by atoms with van der Waals surface area (Å²) in [6.07, 6.45) is 0. The molecule has 0 fully saturated rings. The molecule has 0 aromatic carbocycles. The van der Waals surface area contributed by atoms with E-state index in [1.807, 2.05) is 33.8 Å². The molecule has 5 nitrogen and oxygen atoms in total. The van der Waals surface area contributed by atoms with E-state index in [-0.39, 0.29) is 0 Å². The average molecular weight is 303 g/mol. The molecule has 6 heteroatoms. The predicted molar refractivity (Wildman–Crippen MR) is 86.7 cm³/mol. The standard InChI is InChI=1S/C15H21N5S/c1-6-16-13-7-9(2)17-14(20-13)8-21-15-18-11(4)10(3)12(5)19-15/h7H,6,8H2,1-5H3,(H,16,17,20). The Kier molecular flexibility index (Phi) is 5.12. The Bertz CT molecular complexity index is 619. The minimum absolute atomic E-state index is 0.669. The van der Waals surface area contributed by atoms with Crippen molar-refractivity contribution in [3.63, 3.8) is 0 Å². The molecule has 0 aliphatic rings. The molecule has 112 valence electrons. The number of nitrogens with zero attached hydrogens (tertiary/aromatic N) is 4. The smallest absolute Gasteiger partial charge is 0.188 e. The fourth-order valence-electron chi connectivity index (χ4n) is 1.90. The van der Waals surface area contributed by atoms with Crippen LogP contribution in [0.25, 0.3) is 0 Å². The van der Waals surface area contributed by atoms with Crippen LogP contribution in [0, 0.1) is 27.7 Å². The van der Waals surface area contributed by atoms with E-state index in [0.29, 0.717) is 5.75 Å². The van der Waals surface area contributed by atoms with Gasteiger partial charge in [0.25, 0.3) is 0 Å². The van der Waals surface area contributed by atoms with Gasteiger partial charge in [-0.1, -0.05) is 11.8 Å². The van der Waals surface area contributed by atoms with Crippen molar-refractivity contribution in [2.75, 3.05) is 11.9 Å². The van der Waals surface area contributed by atoms with Gasteiger partial charge < -0.3 is 5.32 Å². The molecule has 21 heavy (non-hydrogen) atoms. The van der Waals surface area contributed by atoms with Gasteiger partial charge in [-0.25, -0.2) is 19.9 Å². The number of aryl methyl sites for hydroxylation is 3. The molecule has 2 heterocycles. The predicted octanol–water partition coefficient (Wildman–Crippen LogP) is 3.22. The van der Waals surface area contributed by atoms with Crippen LogP contribution in [-0.4, -0.2) is 26.5 Å². The molecule has 1 N–H and O–H groups in total. The molecule has 0 saturated carbocycles. The summed E-state index contributed by atoms with van der Waals surface area (Å²) in [6, 6.07) is 1.95. The Morgan fingerprint density at radius 2 is 1.67 bits per heavy atom. The van der Waals surface area contributed by atoms with Gasteiger partial charge in [0.2, 0.25) is 0 Å². The van der Waals surface area contributed by atoms with E-state index in [2.05, 4.69) is 32.2 Å². The number of rotatable bonds is 5. The number of thioether (sulfide) groups is 1. The van der Waals surface area contributed by atoms with Crippen molar-refractivity contribution >= 4 is 17.6 Å². The van der Waals surface area contributed by atoms with E-state index in [1.54, 1.807) is 11.8 Å². The highest BCUT2D eigenvalue weighted by atomic mass is 32.2. The van der Waals surface area contributed by atoms with Gasteiger partial charge in [-0.05, 0) is 40.2 Å². The van der Waals surface area contributed by atoms with E-state index in [0.717, 1.165) is 46.0 Å². The van der Waals surface area contributed by atoms with Gasteiger partial charge in [0, 0.05) is 29.7 Å². The lowest BCUT2D eigenvalue weighted by atomic mass is 10.2. The fourth-order valence-corrected chi connectivity index (χ4v) is 2.69. The Labute approximate surface area is 130 Å². The zero-order valence-corrected chi connectivity index (χ0v) is 14.0. The highest BCUT2D eigenvalue weighted by molar-refractivity contribution is 7.98. The minimum atomic E-state index is 0.669. The lowest BCUT2D eigenvalue weighted by Crippen LogP contribution is -2.04. The van der Waals surface area contributed by atoms with Crippen LogP contribution in [0.4, 0.5) is 5.82 Å². The maximum Gasteiger partial charge on any atom is 0.188 e. The second-order valence-electron chi connectivity index (χ2n) is 4.93. The molecule has 2 rings (SSSR count). The maximum absolute atomic E-state index is 4.51. The van der Waals surface area contributed by atoms with E-state index in [4.69, 9.17) is 0 Å². The Morgan fingerprint density at radius 1 is 1.00 bits per heavy atom. The van der Waals surface area contributed by atoms with Gasteiger partial charge in [0.1, 0.15) is 11.6 Å². The fraction of sp³-hybridized carbons (Fsp3) is 0.467. The van der Waals surface area contributed by atoms with Gasteiger partial charge in [0.05, 0.1) is 5.75 Å². The van der Waals surface area contributed by atoms with Crippen molar-refractivity contribution < 1.29 is 0 Å². The van der Waals surface area contributed by atoms with Gasteiger partial charge in [-0.3, -0.25) is 0 Å². The van der Waals surface area contributed by atoms with E-state index < -0.39 is 0 Å². The quantitative estimate of drug-likeness (QED) is 0.676. The number of aromatic nitrogens is 4. The molecule has 0 saturated heterocycles. The Hall–Kier alpha value is -1.69. The highest BCUT2D eigenvalue weighted by Crippen LogP contribution is 2.20. The van der Waals surface area contributed by atoms with E-state index >= 15 is 0 Å². The van der Waals surface area contributed by atoms with Crippen molar-refractivity contribution in [1.29, 1.82) is 0 Å². The largest absolute Gasteiger partial charge is 0.370 e. The molecule has 0 unspecified atom stereocenters. The topological polar surface area (TPSA) is 63.6 Å². The van der Waals surface area contributed by atoms with E-state index in [9.17, 15) is 0 Å². The van der Waals surface area contributed by atoms with Gasteiger partial charge in [0.15, 0.2) is 5.16 Å². The normalized spacial score (nSPS) is 10.7. The summed E-state index contributed by atoms with van der Waals surface area (Å²) in [5.41, 5.74) is 4.18. The second-order valence-corrected chi connectivity index (χ2v) is 5.87. The highest BCUT2D eigenvalue weighted by Gasteiger charge is 2.08. The average Bonchev–Trinajstić information content (AvgIpc) is 2.42. The molecular formula is C15H21N5S. The van der Waals surface area contributed by atoms with Crippen molar-refractivity contribution in [3.8, 4) is 0 Å². The van der Waals surface area contributed by atoms with Crippen LogP contribution in [0.3, 0.4) is 0 Å². The van der Waals surface area contributed by atoms with Crippen LogP contribution >= 0.6 is 11.8 Å². The van der Waals surface area contributed by atoms with Crippen LogP contribution in [0.15, 0.2) is 11.2 Å². The monoisotopic (exact) mass is 303 g/mol. The van der Waals surface area contributed by atoms with Crippen molar-refractivity contribution in [2.24, 2.45) is 0 Å². The third-order valence-corrected chi connectivity index (χ3v) is 4.04. The summed E-state index contributed by atoms with van der Waals surface area (Å²) < 4.78 is 0. The third-order valence-electron chi connectivity index (χ3n) is 3.20. The number of hydrogen-bond acceptors (Lipinski definition) is 6. The maximum atomic E-state index is 4.51. The molecule has 0 aliphatic heterocycles. The summed E-state index contributed by atoms with van der Waals surface area (Å²) in [5, 5.41) is 4.00. The molecule has 2 aromatic rings. The first-order chi connectivity index (χ1) is 9.99. The third kappa shape index (κ3) is 4.14. The van der Waals surface area contributed by atoms with Crippen LogP contribution in [0.2, 0.25) is 0 Å². The van der Waals surface area contributed by atoms with Crippen LogP contribution < -0.4 is 5.32 Å². The molecule has 0 atom stereocenters. The minimum Gasteiger partial charge on any atom is -0.370 e. The molecule has 0 spiro atoms. The van der Waals surface area contributed by atoms with Gasteiger partial charge >= 0.3 is 0 Å². The number of hydrogen-bond donors (Lipinski definition) is 1. The number of anilines is 1. The molecule has 0 bridgehead atoms. The summed E-state index contributed by atoms with van der Waals surface area (Å²) in [4.78, 5) is 18.0. The SMILES string of the molecule is CCNc1cc(C)nc(CSc2nc(C)c(C)c(C)n2)n1. The zero-order chi connectivity index (χ0) is 15.4. The first kappa shape index (κ1) is 15.7. The molecular weight excluding hydrogens is 282 g/mol. The van der Waals surface area contributed by atoms with E-state index in [1.165, 1.54) is 0 Å². The summed E-state index contributed by atoms with van der Waals surface area (Å²) in [5.74, 6) is 2.34. The van der Waals surface area contributed by atoms with Crippen molar-refractivity contribution in [2.45, 2.75) is 45.5 Å². The molecule has 0 aliphatic carbocycles.